The maximum atomic E-state index is 10.6. The van der Waals surface area contributed by atoms with Gasteiger partial charge in [0.25, 0.3) is 0 Å². The SMILES string of the molecule is O=C(O)C1CC=CC(O)C1C(=O)O. The maximum Gasteiger partial charge on any atom is 0.310 e. The van der Waals surface area contributed by atoms with Crippen LogP contribution in [0.4, 0.5) is 0 Å². The summed E-state index contributed by atoms with van der Waals surface area (Å²) >= 11 is 0. The minimum absolute atomic E-state index is 0.156. The molecule has 3 atom stereocenters. The fourth-order valence-corrected chi connectivity index (χ4v) is 1.44. The Morgan fingerprint density at radius 3 is 2.23 bits per heavy atom. The van der Waals surface area contributed by atoms with Gasteiger partial charge in [-0.05, 0) is 6.42 Å². The van der Waals surface area contributed by atoms with Gasteiger partial charge in [-0.2, -0.15) is 0 Å². The molecule has 5 nitrogen and oxygen atoms in total. The highest BCUT2D eigenvalue weighted by Gasteiger charge is 2.39. The number of rotatable bonds is 2. The molecule has 0 amide bonds. The van der Waals surface area contributed by atoms with Gasteiger partial charge < -0.3 is 15.3 Å². The molecule has 1 rings (SSSR count). The monoisotopic (exact) mass is 186 g/mol. The molecule has 0 fully saturated rings. The van der Waals surface area contributed by atoms with E-state index in [4.69, 9.17) is 10.2 Å². The van der Waals surface area contributed by atoms with E-state index in [1.807, 2.05) is 0 Å². The van der Waals surface area contributed by atoms with Crippen LogP contribution in [0.3, 0.4) is 0 Å². The third-order valence-corrected chi connectivity index (χ3v) is 2.13. The first kappa shape index (κ1) is 9.73. The van der Waals surface area contributed by atoms with Crippen molar-refractivity contribution < 1.29 is 24.9 Å². The first-order chi connectivity index (χ1) is 6.04. The van der Waals surface area contributed by atoms with Crippen LogP contribution in [-0.2, 0) is 9.59 Å². The zero-order valence-corrected chi connectivity index (χ0v) is 6.75. The predicted molar refractivity (Wildman–Crippen MR) is 42.0 cm³/mol. The highest BCUT2D eigenvalue weighted by Crippen LogP contribution is 2.26. The van der Waals surface area contributed by atoms with Gasteiger partial charge >= 0.3 is 11.9 Å². The normalized spacial score (nSPS) is 32.8. The maximum absolute atomic E-state index is 10.6. The van der Waals surface area contributed by atoms with Crippen molar-refractivity contribution in [2.24, 2.45) is 11.8 Å². The van der Waals surface area contributed by atoms with Crippen LogP contribution in [0.5, 0.6) is 0 Å². The van der Waals surface area contributed by atoms with Crippen molar-refractivity contribution in [2.75, 3.05) is 0 Å². The van der Waals surface area contributed by atoms with Crippen molar-refractivity contribution >= 4 is 11.9 Å². The summed E-state index contributed by atoms with van der Waals surface area (Å²) in [4.78, 5) is 21.2. The van der Waals surface area contributed by atoms with E-state index in [1.165, 1.54) is 12.2 Å². The van der Waals surface area contributed by atoms with E-state index in [9.17, 15) is 14.7 Å². The molecule has 5 heteroatoms. The molecule has 0 aliphatic heterocycles. The second kappa shape index (κ2) is 3.57. The number of aliphatic hydroxyl groups is 1. The van der Waals surface area contributed by atoms with Crippen molar-refractivity contribution in [1.82, 2.24) is 0 Å². The van der Waals surface area contributed by atoms with E-state index < -0.39 is 29.9 Å². The van der Waals surface area contributed by atoms with Gasteiger partial charge in [0.2, 0.25) is 0 Å². The van der Waals surface area contributed by atoms with Crippen LogP contribution in [0.15, 0.2) is 12.2 Å². The van der Waals surface area contributed by atoms with Crippen molar-refractivity contribution in [3.05, 3.63) is 12.2 Å². The summed E-state index contributed by atoms with van der Waals surface area (Å²) in [5.74, 6) is -4.72. The number of hydrogen-bond acceptors (Lipinski definition) is 3. The van der Waals surface area contributed by atoms with E-state index in [-0.39, 0.29) is 6.42 Å². The molecule has 1 aliphatic carbocycles. The quantitative estimate of drug-likeness (QED) is 0.515. The van der Waals surface area contributed by atoms with Crippen LogP contribution in [0.2, 0.25) is 0 Å². The molecule has 0 aromatic rings. The number of aliphatic carboxylic acids is 2. The van der Waals surface area contributed by atoms with Crippen LogP contribution < -0.4 is 0 Å². The van der Waals surface area contributed by atoms with E-state index >= 15 is 0 Å². The van der Waals surface area contributed by atoms with Crippen LogP contribution in [0.1, 0.15) is 6.42 Å². The molecular formula is C8H10O5. The largest absolute Gasteiger partial charge is 0.481 e. The lowest BCUT2D eigenvalue weighted by Crippen LogP contribution is -2.39. The van der Waals surface area contributed by atoms with Gasteiger partial charge in [-0.15, -0.1) is 0 Å². The van der Waals surface area contributed by atoms with Crippen molar-refractivity contribution in [3.8, 4) is 0 Å². The fourth-order valence-electron chi connectivity index (χ4n) is 1.44. The molecule has 1 aliphatic rings. The minimum atomic E-state index is -1.27. The molecule has 0 spiro atoms. The number of allylic oxidation sites excluding steroid dienone is 1. The molecular weight excluding hydrogens is 176 g/mol. The Balaban J connectivity index is 2.89. The number of carboxylic acid groups (broad SMARTS) is 2. The van der Waals surface area contributed by atoms with Gasteiger partial charge in [-0.25, -0.2) is 0 Å². The Morgan fingerprint density at radius 1 is 1.23 bits per heavy atom. The highest BCUT2D eigenvalue weighted by atomic mass is 16.4. The third-order valence-electron chi connectivity index (χ3n) is 2.13. The molecule has 0 saturated heterocycles. The number of hydrogen-bond donors (Lipinski definition) is 3. The zero-order chi connectivity index (χ0) is 10.0. The molecule has 13 heavy (non-hydrogen) atoms. The van der Waals surface area contributed by atoms with Gasteiger partial charge in [0, 0.05) is 0 Å². The topological polar surface area (TPSA) is 94.8 Å². The highest BCUT2D eigenvalue weighted by molar-refractivity contribution is 5.81. The lowest BCUT2D eigenvalue weighted by atomic mass is 9.81. The van der Waals surface area contributed by atoms with Crippen LogP contribution in [0.25, 0.3) is 0 Å². The van der Waals surface area contributed by atoms with Crippen molar-refractivity contribution in [1.29, 1.82) is 0 Å². The average Bonchev–Trinajstić information content (AvgIpc) is 2.02. The summed E-state index contributed by atoms with van der Waals surface area (Å²) in [6, 6.07) is 0. The predicted octanol–water partition coefficient (Wildman–Crippen LogP) is -0.291. The second-order valence-electron chi connectivity index (χ2n) is 2.96. The zero-order valence-electron chi connectivity index (χ0n) is 6.75. The van der Waals surface area contributed by atoms with Crippen molar-refractivity contribution in [2.45, 2.75) is 12.5 Å². The average molecular weight is 186 g/mol. The summed E-state index contributed by atoms with van der Waals surface area (Å²) < 4.78 is 0. The summed E-state index contributed by atoms with van der Waals surface area (Å²) in [6.07, 6.45) is 1.76. The van der Waals surface area contributed by atoms with E-state index in [0.717, 1.165) is 0 Å². The van der Waals surface area contributed by atoms with Crippen LogP contribution >= 0.6 is 0 Å². The lowest BCUT2D eigenvalue weighted by Gasteiger charge is -2.25. The molecule has 0 bridgehead atoms. The summed E-state index contributed by atoms with van der Waals surface area (Å²) in [7, 11) is 0. The molecule has 0 radical (unpaired) electrons. The Labute approximate surface area is 74.3 Å². The van der Waals surface area contributed by atoms with Gasteiger partial charge in [0.1, 0.15) is 0 Å². The molecule has 0 aromatic heterocycles. The molecule has 0 saturated carbocycles. The molecule has 72 valence electrons. The minimum Gasteiger partial charge on any atom is -0.481 e. The standard InChI is InChI=1S/C8H10O5/c9-5-3-1-2-4(7(10)11)6(5)8(12)13/h1,3-6,9H,2H2,(H,10,11)(H,12,13). The molecule has 3 N–H and O–H groups in total. The smallest absolute Gasteiger partial charge is 0.310 e. The second-order valence-corrected chi connectivity index (χ2v) is 2.96. The Morgan fingerprint density at radius 2 is 1.85 bits per heavy atom. The van der Waals surface area contributed by atoms with Crippen LogP contribution in [0, 0.1) is 11.8 Å². The molecule has 0 heterocycles. The number of carbonyl (C=O) groups is 2. The van der Waals surface area contributed by atoms with Crippen molar-refractivity contribution in [3.63, 3.8) is 0 Å². The van der Waals surface area contributed by atoms with Gasteiger partial charge in [0.15, 0.2) is 0 Å². The van der Waals surface area contributed by atoms with Gasteiger partial charge in [-0.1, -0.05) is 12.2 Å². The van der Waals surface area contributed by atoms with E-state index in [2.05, 4.69) is 0 Å². The Bertz CT molecular complexity index is 257. The third kappa shape index (κ3) is 1.86. The Hall–Kier alpha value is -1.36. The summed E-state index contributed by atoms with van der Waals surface area (Å²) in [5, 5.41) is 26.6. The van der Waals surface area contributed by atoms with Crippen LogP contribution in [-0.4, -0.2) is 33.4 Å². The number of aliphatic hydroxyl groups excluding tert-OH is 1. The summed E-state index contributed by atoms with van der Waals surface area (Å²) in [5.41, 5.74) is 0. The lowest BCUT2D eigenvalue weighted by molar-refractivity contribution is -0.157. The van der Waals surface area contributed by atoms with Gasteiger partial charge in [0.05, 0.1) is 17.9 Å². The Kier molecular flexibility index (Phi) is 2.67. The van der Waals surface area contributed by atoms with E-state index in [1.54, 1.807) is 0 Å². The fraction of sp³-hybridized carbons (Fsp3) is 0.500. The molecule has 0 aromatic carbocycles. The number of carboxylic acids is 2. The first-order valence-corrected chi connectivity index (χ1v) is 3.84. The molecule has 3 unspecified atom stereocenters. The first-order valence-electron chi connectivity index (χ1n) is 3.84. The van der Waals surface area contributed by atoms with Gasteiger partial charge in [-0.3, -0.25) is 9.59 Å². The summed E-state index contributed by atoms with van der Waals surface area (Å²) in [6.45, 7) is 0. The van der Waals surface area contributed by atoms with E-state index in [0.29, 0.717) is 0 Å².